The molecule has 0 aromatic rings. The number of amides is 3. The van der Waals surface area contributed by atoms with Crippen molar-refractivity contribution in [2.24, 2.45) is 0 Å². The molecule has 0 spiro atoms. The van der Waals surface area contributed by atoms with E-state index in [0.717, 1.165) is 0 Å². The third-order valence-corrected chi connectivity index (χ3v) is 2.27. The normalized spacial score (nSPS) is 20.9. The quantitative estimate of drug-likeness (QED) is 0.631. The summed E-state index contributed by atoms with van der Waals surface area (Å²) < 4.78 is 5.18. The first kappa shape index (κ1) is 11.8. The van der Waals surface area contributed by atoms with Crippen molar-refractivity contribution in [2.75, 3.05) is 33.4 Å². The Hall–Kier alpha value is -1.30. The molecule has 1 fully saturated rings. The van der Waals surface area contributed by atoms with Gasteiger partial charge < -0.3 is 20.3 Å². The predicted molar refractivity (Wildman–Crippen MR) is 54.5 cm³/mol. The van der Waals surface area contributed by atoms with Crippen LogP contribution in [0.4, 0.5) is 4.79 Å². The number of nitrogens with zero attached hydrogens (tertiary/aromatic N) is 1. The maximum absolute atomic E-state index is 11.6. The summed E-state index contributed by atoms with van der Waals surface area (Å²) >= 11 is 0. The molecule has 1 aliphatic heterocycles. The van der Waals surface area contributed by atoms with Crippen LogP contribution in [-0.4, -0.2) is 56.2 Å². The third kappa shape index (κ3) is 2.82. The second kappa shape index (κ2) is 5.55. The van der Waals surface area contributed by atoms with E-state index < -0.39 is 6.04 Å². The molecule has 1 aliphatic rings. The lowest BCUT2D eigenvalue weighted by Crippen LogP contribution is -2.57. The number of likely N-dealkylation sites (N-methyl/N-ethyl adjacent to an activating group) is 1. The zero-order valence-corrected chi connectivity index (χ0v) is 9.08. The molecule has 3 amide bonds. The van der Waals surface area contributed by atoms with Crippen LogP contribution in [0.3, 0.4) is 0 Å². The van der Waals surface area contributed by atoms with E-state index in [2.05, 4.69) is 10.6 Å². The van der Waals surface area contributed by atoms with Gasteiger partial charge >= 0.3 is 6.03 Å². The van der Waals surface area contributed by atoms with Crippen molar-refractivity contribution < 1.29 is 14.3 Å². The zero-order chi connectivity index (χ0) is 11.3. The standard InChI is InChI=1S/C9H17N3O3/c1-3-11-9(14)12-4-5-15-6-7(12)8(13)10-2/h7H,3-6H2,1-2H3,(H,10,13)(H,11,14). The predicted octanol–water partition coefficient (Wildman–Crippen LogP) is -0.837. The first-order chi connectivity index (χ1) is 7.20. The maximum atomic E-state index is 11.6. The van der Waals surface area contributed by atoms with Crippen molar-refractivity contribution >= 4 is 11.9 Å². The van der Waals surface area contributed by atoms with Crippen molar-refractivity contribution in [1.82, 2.24) is 15.5 Å². The van der Waals surface area contributed by atoms with Crippen LogP contribution < -0.4 is 10.6 Å². The second-order valence-corrected chi connectivity index (χ2v) is 3.23. The molecule has 1 rings (SSSR count). The highest BCUT2D eigenvalue weighted by Crippen LogP contribution is 2.07. The average molecular weight is 215 g/mol. The van der Waals surface area contributed by atoms with E-state index in [-0.39, 0.29) is 18.5 Å². The van der Waals surface area contributed by atoms with Crippen molar-refractivity contribution in [3.05, 3.63) is 0 Å². The molecule has 0 radical (unpaired) electrons. The Kier molecular flexibility index (Phi) is 4.36. The number of rotatable bonds is 2. The summed E-state index contributed by atoms with van der Waals surface area (Å²) in [4.78, 5) is 24.6. The van der Waals surface area contributed by atoms with Gasteiger partial charge in [0.05, 0.1) is 13.2 Å². The number of carbonyl (C=O) groups is 2. The van der Waals surface area contributed by atoms with Crippen molar-refractivity contribution in [3.63, 3.8) is 0 Å². The molecule has 1 heterocycles. The summed E-state index contributed by atoms with van der Waals surface area (Å²) in [7, 11) is 1.55. The molecule has 6 nitrogen and oxygen atoms in total. The van der Waals surface area contributed by atoms with Crippen molar-refractivity contribution in [2.45, 2.75) is 13.0 Å². The largest absolute Gasteiger partial charge is 0.377 e. The van der Waals surface area contributed by atoms with E-state index in [1.54, 1.807) is 7.05 Å². The number of hydrogen-bond donors (Lipinski definition) is 2. The van der Waals surface area contributed by atoms with E-state index in [4.69, 9.17) is 4.74 Å². The summed E-state index contributed by atoms with van der Waals surface area (Å²) in [6, 6.07) is -0.732. The summed E-state index contributed by atoms with van der Waals surface area (Å²) in [6.07, 6.45) is 0. The highest BCUT2D eigenvalue weighted by atomic mass is 16.5. The maximum Gasteiger partial charge on any atom is 0.318 e. The van der Waals surface area contributed by atoms with Gasteiger partial charge in [0.2, 0.25) is 5.91 Å². The molecule has 0 aromatic heterocycles. The van der Waals surface area contributed by atoms with Crippen molar-refractivity contribution in [1.29, 1.82) is 0 Å². The first-order valence-electron chi connectivity index (χ1n) is 5.04. The lowest BCUT2D eigenvalue weighted by atomic mass is 10.2. The molecule has 2 N–H and O–H groups in total. The molecule has 0 bridgehead atoms. The van der Waals surface area contributed by atoms with Crippen LogP contribution in [-0.2, 0) is 9.53 Å². The fourth-order valence-corrected chi connectivity index (χ4v) is 1.48. The molecule has 1 unspecified atom stereocenters. The smallest absolute Gasteiger partial charge is 0.318 e. The monoisotopic (exact) mass is 215 g/mol. The number of ether oxygens (including phenoxy) is 1. The molecule has 0 saturated carbocycles. The second-order valence-electron chi connectivity index (χ2n) is 3.23. The molecule has 1 saturated heterocycles. The van der Waals surface area contributed by atoms with Gasteiger partial charge in [-0.2, -0.15) is 0 Å². The molecular weight excluding hydrogens is 198 g/mol. The van der Waals surface area contributed by atoms with Crippen LogP contribution in [0.1, 0.15) is 6.92 Å². The average Bonchev–Trinajstić information content (AvgIpc) is 2.28. The van der Waals surface area contributed by atoms with E-state index in [1.807, 2.05) is 6.92 Å². The van der Waals surface area contributed by atoms with Gasteiger partial charge in [-0.05, 0) is 6.92 Å². The summed E-state index contributed by atoms with van der Waals surface area (Å²) in [6.45, 7) is 3.58. The van der Waals surface area contributed by atoms with Crippen LogP contribution >= 0.6 is 0 Å². The van der Waals surface area contributed by atoms with E-state index in [9.17, 15) is 9.59 Å². The Bertz CT molecular complexity index is 245. The highest BCUT2D eigenvalue weighted by Gasteiger charge is 2.31. The lowest BCUT2D eigenvalue weighted by Gasteiger charge is -2.34. The van der Waals surface area contributed by atoms with Gasteiger partial charge in [-0.15, -0.1) is 0 Å². The van der Waals surface area contributed by atoms with Gasteiger partial charge in [0.25, 0.3) is 0 Å². The number of nitrogens with one attached hydrogen (secondary N) is 2. The zero-order valence-electron chi connectivity index (χ0n) is 9.08. The van der Waals surface area contributed by atoms with Gasteiger partial charge in [-0.25, -0.2) is 4.79 Å². The Morgan fingerprint density at radius 2 is 2.27 bits per heavy atom. The molecule has 86 valence electrons. The van der Waals surface area contributed by atoms with Gasteiger partial charge in [0, 0.05) is 20.1 Å². The minimum absolute atomic E-state index is 0.194. The van der Waals surface area contributed by atoms with E-state index in [0.29, 0.717) is 19.7 Å². The fraction of sp³-hybridized carbons (Fsp3) is 0.778. The summed E-state index contributed by atoms with van der Waals surface area (Å²) in [5.41, 5.74) is 0. The van der Waals surface area contributed by atoms with Crippen LogP contribution in [0.15, 0.2) is 0 Å². The van der Waals surface area contributed by atoms with Crippen LogP contribution in [0.5, 0.6) is 0 Å². The van der Waals surface area contributed by atoms with E-state index >= 15 is 0 Å². The Balaban J connectivity index is 2.65. The van der Waals surface area contributed by atoms with E-state index in [1.165, 1.54) is 4.90 Å². The number of urea groups is 1. The Morgan fingerprint density at radius 3 is 2.87 bits per heavy atom. The SMILES string of the molecule is CCNC(=O)N1CCOCC1C(=O)NC. The third-order valence-electron chi connectivity index (χ3n) is 2.27. The first-order valence-corrected chi connectivity index (χ1v) is 5.04. The highest BCUT2D eigenvalue weighted by molar-refractivity contribution is 5.87. The fourth-order valence-electron chi connectivity index (χ4n) is 1.48. The molecular formula is C9H17N3O3. The minimum Gasteiger partial charge on any atom is -0.377 e. The van der Waals surface area contributed by atoms with Gasteiger partial charge in [0.15, 0.2) is 0 Å². The molecule has 15 heavy (non-hydrogen) atoms. The van der Waals surface area contributed by atoms with Crippen LogP contribution in [0.2, 0.25) is 0 Å². The van der Waals surface area contributed by atoms with Gasteiger partial charge in [-0.3, -0.25) is 4.79 Å². The molecule has 1 atom stereocenters. The number of carbonyl (C=O) groups excluding carboxylic acids is 2. The molecule has 0 aromatic carbocycles. The van der Waals surface area contributed by atoms with Crippen LogP contribution in [0.25, 0.3) is 0 Å². The van der Waals surface area contributed by atoms with Crippen molar-refractivity contribution in [3.8, 4) is 0 Å². The molecule has 0 aliphatic carbocycles. The Morgan fingerprint density at radius 1 is 1.53 bits per heavy atom. The number of hydrogen-bond acceptors (Lipinski definition) is 3. The lowest BCUT2D eigenvalue weighted by molar-refractivity contribution is -0.129. The minimum atomic E-state index is -0.518. The summed E-state index contributed by atoms with van der Waals surface area (Å²) in [5, 5.41) is 5.20. The number of morpholine rings is 1. The van der Waals surface area contributed by atoms with Gasteiger partial charge in [-0.1, -0.05) is 0 Å². The topological polar surface area (TPSA) is 70.7 Å². The van der Waals surface area contributed by atoms with Gasteiger partial charge in [0.1, 0.15) is 6.04 Å². The summed E-state index contributed by atoms with van der Waals surface area (Å²) in [5.74, 6) is -0.194. The van der Waals surface area contributed by atoms with Crippen LogP contribution in [0, 0.1) is 0 Å². The molecule has 6 heteroatoms. The Labute approximate surface area is 88.9 Å².